The van der Waals surface area contributed by atoms with E-state index in [0.29, 0.717) is 0 Å². The Hall–Kier alpha value is -2.68. The highest BCUT2D eigenvalue weighted by atomic mass is 14.6. The maximum atomic E-state index is 5.91. The van der Waals surface area contributed by atoms with Crippen molar-refractivity contribution in [2.75, 3.05) is 5.73 Å². The van der Waals surface area contributed by atoms with Crippen LogP contribution in [0.5, 0.6) is 0 Å². The van der Waals surface area contributed by atoms with E-state index in [-0.39, 0.29) is 0 Å². The molecule has 2 heterocycles. The van der Waals surface area contributed by atoms with Crippen molar-refractivity contribution in [2.24, 2.45) is 0 Å². The van der Waals surface area contributed by atoms with E-state index in [2.05, 4.69) is 9.97 Å². The summed E-state index contributed by atoms with van der Waals surface area (Å²) in [5.74, 6) is 0. The first kappa shape index (κ1) is 11.4. The van der Waals surface area contributed by atoms with Crippen LogP contribution in [-0.4, -0.2) is 9.97 Å². The van der Waals surface area contributed by atoms with Crippen molar-refractivity contribution in [3.8, 4) is 22.3 Å². The summed E-state index contributed by atoms with van der Waals surface area (Å²) in [4.78, 5) is 8.11. The quantitative estimate of drug-likeness (QED) is 0.706. The minimum Gasteiger partial charge on any atom is -0.399 e. The van der Waals surface area contributed by atoms with Gasteiger partial charge in [-0.1, -0.05) is 6.07 Å². The third-order valence-electron chi connectivity index (χ3n) is 3.03. The predicted molar refractivity (Wildman–Crippen MR) is 77.3 cm³/mol. The fourth-order valence-electron chi connectivity index (χ4n) is 2.12. The van der Waals surface area contributed by atoms with Crippen LogP contribution in [0.15, 0.2) is 67.3 Å². The first-order chi connectivity index (χ1) is 9.34. The molecule has 0 bridgehead atoms. The van der Waals surface area contributed by atoms with Gasteiger partial charge in [0.2, 0.25) is 0 Å². The molecule has 0 aliphatic carbocycles. The normalized spacial score (nSPS) is 10.3. The van der Waals surface area contributed by atoms with Gasteiger partial charge < -0.3 is 5.73 Å². The van der Waals surface area contributed by atoms with Gasteiger partial charge in [0.1, 0.15) is 0 Å². The monoisotopic (exact) mass is 247 g/mol. The van der Waals surface area contributed by atoms with E-state index in [1.54, 1.807) is 24.8 Å². The molecular formula is C16H13N3. The van der Waals surface area contributed by atoms with Gasteiger partial charge in [0.05, 0.1) is 0 Å². The van der Waals surface area contributed by atoms with Gasteiger partial charge in [0.25, 0.3) is 0 Å². The predicted octanol–water partition coefficient (Wildman–Crippen LogP) is 3.39. The number of anilines is 1. The van der Waals surface area contributed by atoms with Crippen LogP contribution < -0.4 is 5.73 Å². The summed E-state index contributed by atoms with van der Waals surface area (Å²) in [6.07, 6.45) is 7.16. The highest BCUT2D eigenvalue weighted by molar-refractivity contribution is 5.85. The Balaban J connectivity index is 2.21. The lowest BCUT2D eigenvalue weighted by atomic mass is 9.95. The summed E-state index contributed by atoms with van der Waals surface area (Å²) in [6, 6.07) is 13.9. The lowest BCUT2D eigenvalue weighted by Gasteiger charge is -2.10. The van der Waals surface area contributed by atoms with Gasteiger partial charge in [-0.25, -0.2) is 0 Å². The van der Waals surface area contributed by atoms with Gasteiger partial charge in [-0.05, 0) is 58.7 Å². The molecule has 3 aromatic rings. The zero-order valence-electron chi connectivity index (χ0n) is 10.3. The third kappa shape index (κ3) is 2.31. The summed E-state index contributed by atoms with van der Waals surface area (Å²) in [5.41, 5.74) is 11.1. The van der Waals surface area contributed by atoms with Crippen molar-refractivity contribution in [1.82, 2.24) is 9.97 Å². The molecule has 1 aromatic carbocycles. The second-order valence-electron chi connectivity index (χ2n) is 4.28. The molecule has 19 heavy (non-hydrogen) atoms. The maximum Gasteiger partial charge on any atom is 0.0320 e. The van der Waals surface area contributed by atoms with E-state index in [4.69, 9.17) is 5.73 Å². The molecule has 0 fully saturated rings. The fraction of sp³-hybridized carbons (Fsp3) is 0. The number of hydrogen-bond donors (Lipinski definition) is 1. The Morgan fingerprint density at radius 1 is 0.632 bits per heavy atom. The average Bonchev–Trinajstić information content (AvgIpc) is 2.49. The van der Waals surface area contributed by atoms with Crippen molar-refractivity contribution in [3.63, 3.8) is 0 Å². The second kappa shape index (κ2) is 4.90. The molecule has 3 nitrogen and oxygen atoms in total. The molecule has 0 saturated carbocycles. The number of benzene rings is 1. The maximum absolute atomic E-state index is 5.91. The minimum absolute atomic E-state index is 0.754. The molecule has 0 atom stereocenters. The number of nitrogen functional groups attached to an aromatic ring is 1. The highest BCUT2D eigenvalue weighted by Gasteiger charge is 2.07. The van der Waals surface area contributed by atoms with E-state index >= 15 is 0 Å². The standard InChI is InChI=1S/C16H13N3/c17-14-1-2-15(12-3-7-18-8-4-12)16(11-14)13-5-9-19-10-6-13/h1-11H,17H2. The van der Waals surface area contributed by atoms with Crippen LogP contribution in [0.3, 0.4) is 0 Å². The molecule has 3 heteroatoms. The van der Waals surface area contributed by atoms with Crippen LogP contribution in [-0.2, 0) is 0 Å². The number of hydrogen-bond acceptors (Lipinski definition) is 3. The Bertz CT molecular complexity index is 679. The zero-order chi connectivity index (χ0) is 13.1. The number of nitrogens with zero attached hydrogens (tertiary/aromatic N) is 2. The van der Waals surface area contributed by atoms with E-state index < -0.39 is 0 Å². The summed E-state index contributed by atoms with van der Waals surface area (Å²) in [7, 11) is 0. The lowest BCUT2D eigenvalue weighted by Crippen LogP contribution is -1.90. The molecule has 3 rings (SSSR count). The molecule has 0 unspecified atom stereocenters. The van der Waals surface area contributed by atoms with Gasteiger partial charge in [-0.3, -0.25) is 9.97 Å². The second-order valence-corrected chi connectivity index (χ2v) is 4.28. The number of aromatic nitrogens is 2. The third-order valence-corrected chi connectivity index (χ3v) is 3.03. The fourth-order valence-corrected chi connectivity index (χ4v) is 2.12. The summed E-state index contributed by atoms with van der Waals surface area (Å²) in [6.45, 7) is 0. The molecule has 2 N–H and O–H groups in total. The van der Waals surface area contributed by atoms with E-state index in [1.807, 2.05) is 42.5 Å². The first-order valence-corrected chi connectivity index (χ1v) is 6.05. The average molecular weight is 247 g/mol. The SMILES string of the molecule is Nc1ccc(-c2ccncc2)c(-c2ccncc2)c1. The van der Waals surface area contributed by atoms with Crippen molar-refractivity contribution >= 4 is 5.69 Å². The molecule has 92 valence electrons. The van der Waals surface area contributed by atoms with E-state index in [1.165, 1.54) is 0 Å². The largest absolute Gasteiger partial charge is 0.399 e. The first-order valence-electron chi connectivity index (χ1n) is 6.05. The van der Waals surface area contributed by atoms with Crippen LogP contribution in [0.1, 0.15) is 0 Å². The molecule has 0 radical (unpaired) electrons. The van der Waals surface area contributed by atoms with Crippen molar-refractivity contribution in [1.29, 1.82) is 0 Å². The highest BCUT2D eigenvalue weighted by Crippen LogP contribution is 2.32. The molecule has 0 aliphatic rings. The van der Waals surface area contributed by atoms with Crippen molar-refractivity contribution in [2.45, 2.75) is 0 Å². The molecule has 0 saturated heterocycles. The molecule has 0 spiro atoms. The summed E-state index contributed by atoms with van der Waals surface area (Å²) < 4.78 is 0. The van der Waals surface area contributed by atoms with Crippen LogP contribution >= 0.6 is 0 Å². The minimum atomic E-state index is 0.754. The van der Waals surface area contributed by atoms with Gasteiger partial charge >= 0.3 is 0 Å². The lowest BCUT2D eigenvalue weighted by molar-refractivity contribution is 1.32. The Kier molecular flexibility index (Phi) is 2.94. The zero-order valence-corrected chi connectivity index (χ0v) is 10.3. The Morgan fingerprint density at radius 3 is 1.74 bits per heavy atom. The molecule has 0 amide bonds. The molecule has 2 aromatic heterocycles. The topological polar surface area (TPSA) is 51.8 Å². The van der Waals surface area contributed by atoms with Crippen molar-refractivity contribution in [3.05, 3.63) is 67.3 Å². The van der Waals surface area contributed by atoms with Crippen molar-refractivity contribution < 1.29 is 0 Å². The molecule has 0 aliphatic heterocycles. The van der Waals surface area contributed by atoms with Gasteiger partial charge in [-0.2, -0.15) is 0 Å². The van der Waals surface area contributed by atoms with E-state index in [0.717, 1.165) is 27.9 Å². The Labute approximate surface area is 111 Å². The Morgan fingerprint density at radius 2 is 1.16 bits per heavy atom. The van der Waals surface area contributed by atoms with Gasteiger partial charge in [0.15, 0.2) is 0 Å². The molecular weight excluding hydrogens is 234 g/mol. The van der Waals surface area contributed by atoms with Crippen LogP contribution in [0, 0.1) is 0 Å². The van der Waals surface area contributed by atoms with Crippen LogP contribution in [0.25, 0.3) is 22.3 Å². The number of pyridine rings is 2. The number of rotatable bonds is 2. The summed E-state index contributed by atoms with van der Waals surface area (Å²) in [5, 5.41) is 0. The number of nitrogens with two attached hydrogens (primary N) is 1. The van der Waals surface area contributed by atoms with Gasteiger partial charge in [0, 0.05) is 30.5 Å². The van der Waals surface area contributed by atoms with Gasteiger partial charge in [-0.15, -0.1) is 0 Å². The van der Waals surface area contributed by atoms with Crippen LogP contribution in [0.2, 0.25) is 0 Å². The smallest absolute Gasteiger partial charge is 0.0320 e. The van der Waals surface area contributed by atoms with Crippen LogP contribution in [0.4, 0.5) is 5.69 Å². The summed E-state index contributed by atoms with van der Waals surface area (Å²) >= 11 is 0. The van der Waals surface area contributed by atoms with E-state index in [9.17, 15) is 0 Å².